The van der Waals surface area contributed by atoms with Crippen molar-refractivity contribution in [3.8, 4) is 0 Å². The number of halogens is 3. The molecular formula is C10H20Cl3N5. The average molecular weight is 317 g/mol. The van der Waals surface area contributed by atoms with Crippen molar-refractivity contribution in [1.82, 2.24) is 18.9 Å². The Kier molecular flexibility index (Phi) is 6.36. The minimum absolute atomic E-state index is 0. The fourth-order valence-electron chi connectivity index (χ4n) is 1.18. The molecule has 0 aliphatic heterocycles. The van der Waals surface area contributed by atoms with Gasteiger partial charge in [0, 0.05) is 0 Å². The molecule has 1 heterocycles. The van der Waals surface area contributed by atoms with Crippen LogP contribution in [0.5, 0.6) is 0 Å². The van der Waals surface area contributed by atoms with Crippen LogP contribution in [0, 0.1) is 0 Å². The number of quaternary nitrogens is 1. The summed E-state index contributed by atoms with van der Waals surface area (Å²) in [5.41, 5.74) is 0.210. The van der Waals surface area contributed by atoms with E-state index in [0.717, 1.165) is 27.2 Å². The Bertz CT molecular complexity index is 370. The van der Waals surface area contributed by atoms with E-state index in [1.165, 1.54) is 0 Å². The zero-order chi connectivity index (χ0) is 13.3. The molecule has 1 rings (SSSR count). The van der Waals surface area contributed by atoms with Gasteiger partial charge in [-0.05, 0) is 37.4 Å². The van der Waals surface area contributed by atoms with Crippen molar-refractivity contribution in [2.24, 2.45) is 0 Å². The Morgan fingerprint density at radius 1 is 1.33 bits per heavy atom. The van der Waals surface area contributed by atoms with Crippen molar-refractivity contribution in [2.45, 2.75) is 25.9 Å². The second-order valence-corrected chi connectivity index (χ2v) is 6.52. The van der Waals surface area contributed by atoms with Crippen LogP contribution in [-0.2, 0) is 12.1 Å². The highest BCUT2D eigenvalue weighted by atomic mass is 35.5. The van der Waals surface area contributed by atoms with Gasteiger partial charge in [0.05, 0.1) is 46.0 Å². The maximum absolute atomic E-state index is 5.78. The molecule has 0 radical (unpaired) electrons. The second kappa shape index (κ2) is 6.39. The van der Waals surface area contributed by atoms with Gasteiger partial charge in [-0.3, -0.25) is 0 Å². The monoisotopic (exact) mass is 315 g/mol. The Morgan fingerprint density at radius 2 is 1.89 bits per heavy atom. The molecule has 0 aromatic carbocycles. The Labute approximate surface area is 125 Å². The standard InChI is InChI=1S/C10H20Cl2N5.ClH/c1-10(2,16(11)12)9-8-15(14-13-9)6-7-17(3,4)5;/h8H,6-7H2,1-5H3;1H/q+1;/p-1. The fraction of sp³-hybridized carbons (Fsp3) is 0.800. The topological polar surface area (TPSA) is 34.0 Å². The molecule has 1 aromatic rings. The van der Waals surface area contributed by atoms with Gasteiger partial charge >= 0.3 is 0 Å². The number of rotatable bonds is 5. The molecular weight excluding hydrogens is 297 g/mol. The molecule has 0 aliphatic carbocycles. The van der Waals surface area contributed by atoms with Gasteiger partial charge in [-0.15, -0.1) is 9.04 Å². The minimum atomic E-state index is -0.544. The zero-order valence-electron chi connectivity index (χ0n) is 11.4. The Morgan fingerprint density at radius 3 is 2.33 bits per heavy atom. The molecule has 1 aromatic heterocycles. The van der Waals surface area contributed by atoms with Crippen LogP contribution in [0.3, 0.4) is 0 Å². The van der Waals surface area contributed by atoms with Gasteiger partial charge in [0.25, 0.3) is 0 Å². The molecule has 0 fully saturated rings. The lowest BCUT2D eigenvalue weighted by Gasteiger charge is -2.24. The van der Waals surface area contributed by atoms with E-state index < -0.39 is 5.54 Å². The molecule has 106 valence electrons. The lowest BCUT2D eigenvalue weighted by atomic mass is 10.0. The molecule has 0 atom stereocenters. The van der Waals surface area contributed by atoms with Crippen molar-refractivity contribution >= 4 is 23.6 Å². The molecule has 18 heavy (non-hydrogen) atoms. The van der Waals surface area contributed by atoms with Gasteiger partial charge in [-0.2, -0.15) is 0 Å². The lowest BCUT2D eigenvalue weighted by Crippen LogP contribution is -3.00. The van der Waals surface area contributed by atoms with Gasteiger partial charge in [-0.1, -0.05) is 5.21 Å². The number of likely N-dealkylation sites (N-methyl/N-ethyl adjacent to an activating group) is 1. The third-order valence-electron chi connectivity index (χ3n) is 2.59. The van der Waals surface area contributed by atoms with Crippen LogP contribution in [-0.4, -0.2) is 51.1 Å². The van der Waals surface area contributed by atoms with Crippen molar-refractivity contribution in [3.63, 3.8) is 0 Å². The van der Waals surface area contributed by atoms with Crippen LogP contribution in [0.1, 0.15) is 19.5 Å². The lowest BCUT2D eigenvalue weighted by molar-refractivity contribution is -0.871. The number of aromatic nitrogens is 3. The van der Waals surface area contributed by atoms with E-state index in [1.807, 2.05) is 24.7 Å². The Balaban J connectivity index is 0.00000289. The zero-order valence-corrected chi connectivity index (χ0v) is 13.6. The van der Waals surface area contributed by atoms with Crippen LogP contribution in [0.4, 0.5) is 0 Å². The summed E-state index contributed by atoms with van der Waals surface area (Å²) >= 11 is 11.6. The number of nitrogens with zero attached hydrogens (tertiary/aromatic N) is 5. The van der Waals surface area contributed by atoms with Crippen molar-refractivity contribution < 1.29 is 16.9 Å². The van der Waals surface area contributed by atoms with Crippen molar-refractivity contribution in [1.29, 1.82) is 0 Å². The van der Waals surface area contributed by atoms with Crippen LogP contribution >= 0.6 is 23.6 Å². The highest BCUT2D eigenvalue weighted by Gasteiger charge is 2.30. The first-order valence-corrected chi connectivity index (χ1v) is 6.13. The average Bonchev–Trinajstić information content (AvgIpc) is 2.62. The van der Waals surface area contributed by atoms with E-state index >= 15 is 0 Å². The maximum Gasteiger partial charge on any atom is 0.105 e. The van der Waals surface area contributed by atoms with Gasteiger partial charge in [0.15, 0.2) is 0 Å². The van der Waals surface area contributed by atoms with Gasteiger partial charge in [0.2, 0.25) is 0 Å². The van der Waals surface area contributed by atoms with Crippen LogP contribution in [0.15, 0.2) is 6.20 Å². The second-order valence-electron chi connectivity index (χ2n) is 5.67. The molecule has 0 saturated carbocycles. The number of hydrogen-bond acceptors (Lipinski definition) is 3. The first-order chi connectivity index (χ1) is 7.63. The first-order valence-electron chi connectivity index (χ1n) is 5.46. The summed E-state index contributed by atoms with van der Waals surface area (Å²) in [5.74, 6) is 0. The largest absolute Gasteiger partial charge is 1.00 e. The Hall–Kier alpha value is -0.0700. The SMILES string of the molecule is CC(C)(c1cn(CC[N+](C)(C)C)nn1)N(Cl)Cl.[Cl-]. The van der Waals surface area contributed by atoms with E-state index in [9.17, 15) is 0 Å². The molecule has 8 heteroatoms. The van der Waals surface area contributed by atoms with Crippen LogP contribution in [0.2, 0.25) is 0 Å². The molecule has 0 aliphatic rings. The maximum atomic E-state index is 5.78. The summed E-state index contributed by atoms with van der Waals surface area (Å²) in [7, 11) is 6.42. The third kappa shape index (κ3) is 4.90. The smallest absolute Gasteiger partial charge is 0.105 e. The van der Waals surface area contributed by atoms with E-state index in [0.29, 0.717) is 0 Å². The summed E-state index contributed by atoms with van der Waals surface area (Å²) in [6, 6.07) is 0. The highest BCUT2D eigenvalue weighted by Crippen LogP contribution is 2.29. The summed E-state index contributed by atoms with van der Waals surface area (Å²) in [5, 5.41) is 8.19. The molecule has 0 saturated heterocycles. The third-order valence-corrected chi connectivity index (χ3v) is 3.43. The van der Waals surface area contributed by atoms with E-state index in [2.05, 4.69) is 31.5 Å². The molecule has 0 unspecified atom stereocenters. The molecule has 0 bridgehead atoms. The fourth-order valence-corrected chi connectivity index (χ4v) is 1.35. The van der Waals surface area contributed by atoms with Crippen molar-refractivity contribution in [3.05, 3.63) is 11.9 Å². The van der Waals surface area contributed by atoms with Crippen LogP contribution < -0.4 is 12.4 Å². The predicted molar refractivity (Wildman–Crippen MR) is 69.5 cm³/mol. The number of hydrogen-bond donors (Lipinski definition) is 0. The van der Waals surface area contributed by atoms with Gasteiger partial charge in [0.1, 0.15) is 5.69 Å². The summed E-state index contributed by atoms with van der Waals surface area (Å²) in [6.07, 6.45) is 1.88. The van der Waals surface area contributed by atoms with Gasteiger partial charge in [-0.25, -0.2) is 4.68 Å². The quantitative estimate of drug-likeness (QED) is 0.507. The molecule has 0 N–H and O–H groups in total. The first kappa shape index (κ1) is 17.9. The highest BCUT2D eigenvalue weighted by molar-refractivity contribution is 6.34. The summed E-state index contributed by atoms with van der Waals surface area (Å²) < 4.78 is 3.80. The van der Waals surface area contributed by atoms with E-state index in [1.54, 1.807) is 0 Å². The molecule has 0 spiro atoms. The van der Waals surface area contributed by atoms with Crippen LogP contribution in [0.25, 0.3) is 0 Å². The van der Waals surface area contributed by atoms with E-state index in [-0.39, 0.29) is 12.4 Å². The predicted octanol–water partition coefficient (Wildman–Crippen LogP) is -1.17. The summed E-state index contributed by atoms with van der Waals surface area (Å²) in [6.45, 7) is 5.58. The normalized spacial score (nSPS) is 12.7. The van der Waals surface area contributed by atoms with E-state index in [4.69, 9.17) is 23.6 Å². The molecule has 0 amide bonds. The summed E-state index contributed by atoms with van der Waals surface area (Å²) in [4.78, 5) is 0. The molecule has 5 nitrogen and oxygen atoms in total. The van der Waals surface area contributed by atoms with Gasteiger partial charge < -0.3 is 16.9 Å². The minimum Gasteiger partial charge on any atom is -1.00 e. The van der Waals surface area contributed by atoms with Crippen molar-refractivity contribution in [2.75, 3.05) is 27.7 Å².